The Morgan fingerprint density at radius 2 is 1.95 bits per heavy atom. The van der Waals surface area contributed by atoms with E-state index in [1.54, 1.807) is 14.2 Å². The molecule has 0 aliphatic carbocycles. The molecule has 4 heteroatoms. The number of nitrogens with two attached hydrogens (primary N) is 1. The van der Waals surface area contributed by atoms with Crippen molar-refractivity contribution in [3.05, 3.63) is 29.5 Å². The van der Waals surface area contributed by atoms with E-state index in [1.807, 2.05) is 12.1 Å². The van der Waals surface area contributed by atoms with Crippen LogP contribution in [0.1, 0.15) is 24.1 Å². The SMILES string of the molecule is COc1cc(OC)c2nc(C(C)CN)cc(C)c2c1. The van der Waals surface area contributed by atoms with Crippen LogP contribution in [-0.4, -0.2) is 25.7 Å². The predicted molar refractivity (Wildman–Crippen MR) is 77.1 cm³/mol. The molecule has 0 saturated carbocycles. The summed E-state index contributed by atoms with van der Waals surface area (Å²) in [6.07, 6.45) is 0. The van der Waals surface area contributed by atoms with Gasteiger partial charge in [-0.15, -0.1) is 0 Å². The molecule has 102 valence electrons. The molecule has 0 amide bonds. The molecule has 0 saturated heterocycles. The van der Waals surface area contributed by atoms with E-state index in [0.717, 1.165) is 33.7 Å². The summed E-state index contributed by atoms with van der Waals surface area (Å²) in [6, 6.07) is 5.92. The summed E-state index contributed by atoms with van der Waals surface area (Å²) < 4.78 is 10.7. The third kappa shape index (κ3) is 2.49. The van der Waals surface area contributed by atoms with E-state index in [4.69, 9.17) is 20.2 Å². The first-order valence-electron chi connectivity index (χ1n) is 6.34. The Hall–Kier alpha value is -1.81. The lowest BCUT2D eigenvalue weighted by atomic mass is 10.0. The minimum Gasteiger partial charge on any atom is -0.497 e. The molecule has 19 heavy (non-hydrogen) atoms. The number of benzene rings is 1. The van der Waals surface area contributed by atoms with Crippen molar-refractivity contribution < 1.29 is 9.47 Å². The van der Waals surface area contributed by atoms with Gasteiger partial charge in [-0.3, -0.25) is 0 Å². The number of hydrogen-bond acceptors (Lipinski definition) is 4. The van der Waals surface area contributed by atoms with Gasteiger partial charge in [0.05, 0.1) is 14.2 Å². The van der Waals surface area contributed by atoms with Crippen molar-refractivity contribution in [1.29, 1.82) is 0 Å². The lowest BCUT2D eigenvalue weighted by molar-refractivity contribution is 0.397. The van der Waals surface area contributed by atoms with Gasteiger partial charge in [-0.25, -0.2) is 4.98 Å². The van der Waals surface area contributed by atoms with E-state index < -0.39 is 0 Å². The van der Waals surface area contributed by atoms with E-state index in [9.17, 15) is 0 Å². The Balaban J connectivity index is 2.72. The van der Waals surface area contributed by atoms with Gasteiger partial charge in [-0.1, -0.05) is 6.92 Å². The lowest BCUT2D eigenvalue weighted by Gasteiger charge is -2.14. The number of aromatic nitrogens is 1. The Labute approximate surface area is 113 Å². The fourth-order valence-corrected chi connectivity index (χ4v) is 2.11. The Kier molecular flexibility index (Phi) is 3.90. The third-order valence-electron chi connectivity index (χ3n) is 3.39. The Morgan fingerprint density at radius 3 is 2.53 bits per heavy atom. The fourth-order valence-electron chi connectivity index (χ4n) is 2.11. The van der Waals surface area contributed by atoms with E-state index >= 15 is 0 Å². The molecule has 0 fully saturated rings. The van der Waals surface area contributed by atoms with Gasteiger partial charge in [0.25, 0.3) is 0 Å². The van der Waals surface area contributed by atoms with E-state index in [1.165, 1.54) is 0 Å². The number of methoxy groups -OCH3 is 2. The van der Waals surface area contributed by atoms with Gasteiger partial charge in [-0.05, 0) is 24.6 Å². The van der Waals surface area contributed by atoms with E-state index in [0.29, 0.717) is 6.54 Å². The maximum atomic E-state index is 5.72. The number of pyridine rings is 1. The van der Waals surface area contributed by atoms with Crippen LogP contribution >= 0.6 is 0 Å². The number of nitrogens with zero attached hydrogens (tertiary/aromatic N) is 1. The molecule has 1 unspecified atom stereocenters. The zero-order valence-corrected chi connectivity index (χ0v) is 11.9. The van der Waals surface area contributed by atoms with Gasteiger partial charge < -0.3 is 15.2 Å². The summed E-state index contributed by atoms with van der Waals surface area (Å²) in [5.74, 6) is 1.73. The van der Waals surface area contributed by atoms with Gasteiger partial charge in [0.2, 0.25) is 0 Å². The third-order valence-corrected chi connectivity index (χ3v) is 3.39. The molecule has 1 aromatic carbocycles. The normalized spacial score (nSPS) is 12.5. The van der Waals surface area contributed by atoms with E-state index in [2.05, 4.69) is 19.9 Å². The molecule has 2 rings (SSSR count). The Morgan fingerprint density at radius 1 is 1.21 bits per heavy atom. The summed E-state index contributed by atoms with van der Waals surface area (Å²) in [7, 11) is 3.29. The van der Waals surface area contributed by atoms with Crippen molar-refractivity contribution in [2.24, 2.45) is 5.73 Å². The molecular formula is C15H20N2O2. The van der Waals surface area contributed by atoms with E-state index in [-0.39, 0.29) is 5.92 Å². The highest BCUT2D eigenvalue weighted by Crippen LogP contribution is 2.33. The van der Waals surface area contributed by atoms with Crippen molar-refractivity contribution in [3.63, 3.8) is 0 Å². The largest absolute Gasteiger partial charge is 0.497 e. The average Bonchev–Trinajstić information content (AvgIpc) is 2.45. The fraction of sp³-hybridized carbons (Fsp3) is 0.400. The summed E-state index contributed by atoms with van der Waals surface area (Å²) in [6.45, 7) is 4.72. The maximum Gasteiger partial charge on any atom is 0.148 e. The smallest absolute Gasteiger partial charge is 0.148 e. The second kappa shape index (κ2) is 5.45. The van der Waals surface area contributed by atoms with Crippen LogP contribution in [0.5, 0.6) is 11.5 Å². The molecular weight excluding hydrogens is 240 g/mol. The molecule has 0 aliphatic heterocycles. The molecule has 1 aromatic heterocycles. The quantitative estimate of drug-likeness (QED) is 0.918. The van der Waals surface area contributed by atoms with Gasteiger partial charge in [0.15, 0.2) is 0 Å². The summed E-state index contributed by atoms with van der Waals surface area (Å²) in [5.41, 5.74) is 8.73. The van der Waals surface area contributed by atoms with Crippen LogP contribution in [0, 0.1) is 6.92 Å². The first kappa shape index (κ1) is 13.6. The molecule has 2 aromatic rings. The van der Waals surface area contributed by atoms with Crippen LogP contribution < -0.4 is 15.2 Å². The molecule has 0 bridgehead atoms. The molecule has 1 heterocycles. The highest BCUT2D eigenvalue weighted by Gasteiger charge is 2.13. The van der Waals surface area contributed by atoms with Crippen LogP contribution in [0.15, 0.2) is 18.2 Å². The first-order valence-corrected chi connectivity index (χ1v) is 6.34. The minimum atomic E-state index is 0.231. The van der Waals surface area contributed by atoms with Gasteiger partial charge >= 0.3 is 0 Å². The minimum absolute atomic E-state index is 0.231. The van der Waals surface area contributed by atoms with Crippen molar-refractivity contribution in [1.82, 2.24) is 4.98 Å². The molecule has 2 N–H and O–H groups in total. The summed E-state index contributed by atoms with van der Waals surface area (Å²) in [5, 5.41) is 1.05. The van der Waals surface area contributed by atoms with Crippen molar-refractivity contribution >= 4 is 10.9 Å². The second-order valence-corrected chi connectivity index (χ2v) is 4.73. The average molecular weight is 260 g/mol. The van der Waals surface area contributed by atoms with Crippen LogP contribution in [0.2, 0.25) is 0 Å². The summed E-state index contributed by atoms with van der Waals surface area (Å²) in [4.78, 5) is 4.69. The van der Waals surface area contributed by atoms with Crippen LogP contribution in [0.3, 0.4) is 0 Å². The number of hydrogen-bond donors (Lipinski definition) is 1. The molecule has 0 radical (unpaired) electrons. The number of ether oxygens (including phenoxy) is 2. The van der Waals surface area contributed by atoms with Crippen LogP contribution in [0.25, 0.3) is 10.9 Å². The summed E-state index contributed by atoms with van der Waals surface area (Å²) >= 11 is 0. The topological polar surface area (TPSA) is 57.4 Å². The standard InChI is InChI=1S/C15H20N2O2/c1-9-5-13(10(2)8-16)17-15-12(9)6-11(18-3)7-14(15)19-4/h5-7,10H,8,16H2,1-4H3. The van der Waals surface area contributed by atoms with Crippen molar-refractivity contribution in [3.8, 4) is 11.5 Å². The number of rotatable bonds is 4. The molecule has 1 atom stereocenters. The zero-order chi connectivity index (χ0) is 14.0. The lowest BCUT2D eigenvalue weighted by Crippen LogP contribution is -2.11. The molecule has 0 spiro atoms. The monoisotopic (exact) mass is 260 g/mol. The first-order chi connectivity index (χ1) is 9.10. The van der Waals surface area contributed by atoms with Gasteiger partial charge in [0, 0.05) is 29.6 Å². The second-order valence-electron chi connectivity index (χ2n) is 4.73. The highest BCUT2D eigenvalue weighted by atomic mass is 16.5. The number of fused-ring (bicyclic) bond motifs is 1. The zero-order valence-electron chi connectivity index (χ0n) is 11.9. The van der Waals surface area contributed by atoms with Crippen molar-refractivity contribution in [2.45, 2.75) is 19.8 Å². The number of aryl methyl sites for hydroxylation is 1. The van der Waals surface area contributed by atoms with Crippen LogP contribution in [0.4, 0.5) is 0 Å². The Bertz CT molecular complexity index is 596. The van der Waals surface area contributed by atoms with Gasteiger partial charge in [-0.2, -0.15) is 0 Å². The molecule has 0 aliphatic rings. The highest BCUT2D eigenvalue weighted by molar-refractivity contribution is 5.89. The predicted octanol–water partition coefficient (Wildman–Crippen LogP) is 2.62. The molecule has 4 nitrogen and oxygen atoms in total. The van der Waals surface area contributed by atoms with Crippen LogP contribution in [-0.2, 0) is 0 Å². The maximum absolute atomic E-state index is 5.72. The van der Waals surface area contributed by atoms with Gasteiger partial charge in [0.1, 0.15) is 17.0 Å². The van der Waals surface area contributed by atoms with Crippen molar-refractivity contribution in [2.75, 3.05) is 20.8 Å².